The normalized spacial score (nSPS) is 26.3. The number of hydrogen-bond acceptors (Lipinski definition) is 6. The van der Waals surface area contributed by atoms with E-state index in [0.717, 1.165) is 56.1 Å². The maximum atomic E-state index is 14.1. The topological polar surface area (TPSA) is 110 Å². The van der Waals surface area contributed by atoms with Gasteiger partial charge in [0.1, 0.15) is 5.39 Å². The van der Waals surface area contributed by atoms with Crippen molar-refractivity contribution in [1.29, 1.82) is 0 Å². The van der Waals surface area contributed by atoms with Gasteiger partial charge in [-0.3, -0.25) is 14.3 Å². The molecular formula is C28H29N6O2P. The standard InChI is InChI=1S/C28H29N6O2P/c1-37(36)19-7-4-6-18(15-19)28(9-10-28)23-21-24(34(37)32-23)30-26(31-25(21)35)33-13-11-27(12-14-33)16-17-5-2-3-8-20(17)22(27)29/h2-8,15,22H,9-14,16,29H2,1H3,(H,30,31,35)/t22-,37?/m1/s1. The number of nitrogens with zero attached hydrogens (tertiary/aromatic N) is 4. The Morgan fingerprint density at radius 2 is 1.86 bits per heavy atom. The number of aromatic nitrogens is 4. The Balaban J connectivity index is 1.20. The number of fused-ring (bicyclic) bond motifs is 10. The Bertz CT molecular complexity index is 1730. The summed E-state index contributed by atoms with van der Waals surface area (Å²) < 4.78 is 15.7. The van der Waals surface area contributed by atoms with E-state index in [2.05, 4.69) is 40.2 Å². The average molecular weight is 513 g/mol. The zero-order chi connectivity index (χ0) is 25.2. The van der Waals surface area contributed by atoms with E-state index < -0.39 is 7.29 Å². The molecule has 2 aliphatic heterocycles. The molecule has 37 heavy (non-hydrogen) atoms. The number of H-pyrrole nitrogens is 1. The molecule has 4 heterocycles. The quantitative estimate of drug-likeness (QED) is 0.378. The predicted octanol–water partition coefficient (Wildman–Crippen LogP) is 3.44. The number of anilines is 1. The molecule has 2 aromatic carbocycles. The van der Waals surface area contributed by atoms with Gasteiger partial charge in [0.05, 0.1) is 5.69 Å². The number of benzene rings is 2. The van der Waals surface area contributed by atoms with Crippen molar-refractivity contribution in [2.45, 2.75) is 43.6 Å². The van der Waals surface area contributed by atoms with E-state index in [9.17, 15) is 9.36 Å². The first-order valence-corrected chi connectivity index (χ1v) is 15.2. The minimum absolute atomic E-state index is 0.0293. The summed E-state index contributed by atoms with van der Waals surface area (Å²) in [4.78, 5) is 23.8. The minimum atomic E-state index is -3.10. The van der Waals surface area contributed by atoms with Crippen LogP contribution in [0.1, 0.15) is 54.1 Å². The van der Waals surface area contributed by atoms with Gasteiger partial charge in [0.2, 0.25) is 13.2 Å². The van der Waals surface area contributed by atoms with Gasteiger partial charge in [0.15, 0.2) is 5.65 Å². The van der Waals surface area contributed by atoms with Crippen molar-refractivity contribution < 1.29 is 4.57 Å². The fourth-order valence-corrected chi connectivity index (χ4v) is 8.90. The second-order valence-corrected chi connectivity index (χ2v) is 14.2. The molecule has 0 amide bonds. The number of rotatable bonds is 1. The second-order valence-electron chi connectivity index (χ2n) is 11.5. The van der Waals surface area contributed by atoms with Crippen molar-refractivity contribution in [3.63, 3.8) is 0 Å². The molecule has 1 saturated carbocycles. The van der Waals surface area contributed by atoms with E-state index in [4.69, 9.17) is 15.8 Å². The van der Waals surface area contributed by atoms with Crippen LogP contribution in [0, 0.1) is 5.41 Å². The molecule has 4 bridgehead atoms. The van der Waals surface area contributed by atoms with Gasteiger partial charge < -0.3 is 10.6 Å². The SMILES string of the molecule is CP1(=O)c2cccc(c2)C2(CC2)c2nn1c1nc(N3CCC4(CC3)Cc3ccccc3[C@H]4N)[nH]c(=O)c21. The largest absolute Gasteiger partial charge is 0.342 e. The van der Waals surface area contributed by atoms with Crippen molar-refractivity contribution in [2.75, 3.05) is 24.7 Å². The molecule has 2 aromatic heterocycles. The predicted molar refractivity (Wildman–Crippen MR) is 144 cm³/mol. The summed E-state index contributed by atoms with van der Waals surface area (Å²) >= 11 is 0. The summed E-state index contributed by atoms with van der Waals surface area (Å²) in [5.74, 6) is 0.528. The molecule has 4 aromatic rings. The molecule has 8 rings (SSSR count). The highest BCUT2D eigenvalue weighted by molar-refractivity contribution is 7.69. The molecule has 4 aliphatic rings. The first kappa shape index (κ1) is 21.8. The monoisotopic (exact) mass is 512 g/mol. The van der Waals surface area contributed by atoms with Crippen LogP contribution in [0.4, 0.5) is 5.95 Å². The van der Waals surface area contributed by atoms with Crippen molar-refractivity contribution in [3.8, 4) is 0 Å². The first-order valence-electron chi connectivity index (χ1n) is 13.1. The molecule has 3 N–H and O–H groups in total. The van der Waals surface area contributed by atoms with Crippen molar-refractivity contribution in [2.24, 2.45) is 11.1 Å². The van der Waals surface area contributed by atoms with Crippen LogP contribution in [-0.2, 0) is 16.4 Å². The lowest BCUT2D eigenvalue weighted by atomic mass is 9.73. The highest BCUT2D eigenvalue weighted by atomic mass is 31.2. The van der Waals surface area contributed by atoms with Crippen LogP contribution in [0.2, 0.25) is 0 Å². The molecule has 188 valence electrons. The molecule has 2 spiro atoms. The molecule has 0 radical (unpaired) electrons. The van der Waals surface area contributed by atoms with E-state index in [1.54, 1.807) is 11.1 Å². The zero-order valence-electron chi connectivity index (χ0n) is 20.8. The number of nitrogens with two attached hydrogens (primary N) is 1. The Morgan fingerprint density at radius 3 is 2.62 bits per heavy atom. The summed E-state index contributed by atoms with van der Waals surface area (Å²) in [7, 11) is -3.10. The summed E-state index contributed by atoms with van der Waals surface area (Å²) in [6.07, 6.45) is 4.70. The summed E-state index contributed by atoms with van der Waals surface area (Å²) in [6.45, 7) is 3.23. The van der Waals surface area contributed by atoms with Crippen molar-refractivity contribution >= 4 is 29.6 Å². The third kappa shape index (κ3) is 2.78. The molecule has 9 heteroatoms. The summed E-state index contributed by atoms with van der Waals surface area (Å²) in [5.41, 5.74) is 11.2. The number of aromatic amines is 1. The Kier molecular flexibility index (Phi) is 4.13. The van der Waals surface area contributed by atoms with Crippen LogP contribution < -0.4 is 21.5 Å². The van der Waals surface area contributed by atoms with Crippen LogP contribution in [-0.4, -0.2) is 39.3 Å². The highest BCUT2D eigenvalue weighted by Crippen LogP contribution is 2.58. The average Bonchev–Trinajstić information content (AvgIpc) is 3.54. The van der Waals surface area contributed by atoms with Crippen LogP contribution in [0.25, 0.3) is 11.0 Å². The van der Waals surface area contributed by atoms with Crippen LogP contribution >= 0.6 is 7.29 Å². The van der Waals surface area contributed by atoms with Crippen LogP contribution in [0.15, 0.2) is 53.3 Å². The molecule has 1 saturated heterocycles. The third-order valence-corrected chi connectivity index (χ3v) is 11.8. The summed E-state index contributed by atoms with van der Waals surface area (Å²) in [6, 6.07) is 16.5. The van der Waals surface area contributed by atoms with Gasteiger partial charge in [-0.05, 0) is 66.3 Å². The lowest BCUT2D eigenvalue weighted by Crippen LogP contribution is -2.45. The second kappa shape index (κ2) is 7.00. The van der Waals surface area contributed by atoms with Gasteiger partial charge in [-0.25, -0.2) is 0 Å². The number of hydrogen-bond donors (Lipinski definition) is 2. The van der Waals surface area contributed by atoms with Gasteiger partial charge in [-0.2, -0.15) is 14.5 Å². The van der Waals surface area contributed by atoms with E-state index in [0.29, 0.717) is 22.7 Å². The van der Waals surface area contributed by atoms with Gasteiger partial charge >= 0.3 is 0 Å². The lowest BCUT2D eigenvalue weighted by molar-refractivity contribution is 0.187. The van der Waals surface area contributed by atoms with Gasteiger partial charge in [0, 0.05) is 36.5 Å². The molecule has 8 nitrogen and oxygen atoms in total. The fourth-order valence-electron chi connectivity index (χ4n) is 7.18. The third-order valence-electron chi connectivity index (χ3n) is 9.60. The van der Waals surface area contributed by atoms with Gasteiger partial charge in [0.25, 0.3) is 5.56 Å². The Hall–Kier alpha value is -3.22. The van der Waals surface area contributed by atoms with E-state index >= 15 is 0 Å². The smallest absolute Gasteiger partial charge is 0.263 e. The maximum Gasteiger partial charge on any atom is 0.263 e. The van der Waals surface area contributed by atoms with Crippen LogP contribution in [0.5, 0.6) is 0 Å². The molecule has 2 fully saturated rings. The lowest BCUT2D eigenvalue weighted by Gasteiger charge is -2.42. The van der Waals surface area contributed by atoms with Gasteiger partial charge in [-0.1, -0.05) is 36.4 Å². The fraction of sp³-hybridized carbons (Fsp3) is 0.393. The Labute approximate surface area is 214 Å². The number of nitrogens with one attached hydrogen (secondary N) is 1. The molecule has 2 aliphatic carbocycles. The van der Waals surface area contributed by atoms with Crippen molar-refractivity contribution in [1.82, 2.24) is 19.5 Å². The molecule has 2 atom stereocenters. The minimum Gasteiger partial charge on any atom is -0.342 e. The highest BCUT2D eigenvalue weighted by Gasteiger charge is 2.52. The summed E-state index contributed by atoms with van der Waals surface area (Å²) in [5, 5.41) is 6.09. The van der Waals surface area contributed by atoms with E-state index in [1.165, 1.54) is 11.1 Å². The van der Waals surface area contributed by atoms with Gasteiger partial charge in [-0.15, -0.1) is 0 Å². The Morgan fingerprint density at radius 1 is 1.08 bits per heavy atom. The molecular weight excluding hydrogens is 483 g/mol. The molecule has 1 unspecified atom stereocenters. The van der Waals surface area contributed by atoms with Crippen molar-refractivity contribution in [3.05, 3.63) is 81.3 Å². The maximum absolute atomic E-state index is 14.1. The number of piperidine rings is 1. The van der Waals surface area contributed by atoms with E-state index in [-0.39, 0.29) is 22.4 Å². The van der Waals surface area contributed by atoms with Crippen LogP contribution in [0.3, 0.4) is 0 Å². The first-order chi connectivity index (χ1) is 17.8. The van der Waals surface area contributed by atoms with E-state index in [1.807, 2.05) is 18.2 Å². The zero-order valence-corrected chi connectivity index (χ0v) is 21.7.